The summed E-state index contributed by atoms with van der Waals surface area (Å²) in [6, 6.07) is 10.9. The van der Waals surface area contributed by atoms with Crippen LogP contribution in [0.3, 0.4) is 0 Å². The number of piperazine rings is 1. The molecule has 0 bridgehead atoms. The van der Waals surface area contributed by atoms with Gasteiger partial charge in [0.2, 0.25) is 0 Å². The van der Waals surface area contributed by atoms with Crippen molar-refractivity contribution >= 4 is 11.7 Å². The fourth-order valence-electron chi connectivity index (χ4n) is 4.14. The van der Waals surface area contributed by atoms with Gasteiger partial charge in [-0.25, -0.2) is 4.79 Å². The van der Waals surface area contributed by atoms with Crippen molar-refractivity contribution in [1.29, 1.82) is 0 Å². The molecular formula is C24H36N2O2. The molecule has 0 aromatic heterocycles. The lowest BCUT2D eigenvalue weighted by Gasteiger charge is -2.38. The lowest BCUT2D eigenvalue weighted by atomic mass is 9.72. The first kappa shape index (κ1) is 20.9. The molecule has 0 N–H and O–H groups in total. The average molecular weight is 385 g/mol. The van der Waals surface area contributed by atoms with E-state index in [0.29, 0.717) is 5.41 Å². The monoisotopic (exact) mass is 384 g/mol. The molecule has 0 radical (unpaired) electrons. The normalized spacial score (nSPS) is 21.0. The van der Waals surface area contributed by atoms with E-state index in [1.165, 1.54) is 24.0 Å². The highest BCUT2D eigenvalue weighted by Gasteiger charge is 2.30. The summed E-state index contributed by atoms with van der Waals surface area (Å²) < 4.78 is 5.52. The maximum absolute atomic E-state index is 12.3. The zero-order valence-corrected chi connectivity index (χ0v) is 18.3. The zero-order chi connectivity index (χ0) is 20.4. The van der Waals surface area contributed by atoms with Crippen molar-refractivity contribution in [3.8, 4) is 0 Å². The molecule has 0 saturated carbocycles. The smallest absolute Gasteiger partial charge is 0.410 e. The predicted octanol–water partition coefficient (Wildman–Crippen LogP) is 5.20. The van der Waals surface area contributed by atoms with Crippen molar-refractivity contribution in [3.05, 3.63) is 41.5 Å². The van der Waals surface area contributed by atoms with E-state index >= 15 is 0 Å². The third kappa shape index (κ3) is 5.60. The molecule has 0 spiro atoms. The molecule has 3 rings (SSSR count). The third-order valence-corrected chi connectivity index (χ3v) is 5.75. The molecule has 1 aliphatic heterocycles. The summed E-state index contributed by atoms with van der Waals surface area (Å²) in [6.45, 7) is 14.8. The number of benzene rings is 1. The van der Waals surface area contributed by atoms with Crippen LogP contribution < -0.4 is 0 Å². The number of amides is 1. The molecule has 4 nitrogen and oxygen atoms in total. The van der Waals surface area contributed by atoms with Crippen molar-refractivity contribution in [2.75, 3.05) is 32.7 Å². The molecule has 1 saturated heterocycles. The van der Waals surface area contributed by atoms with Gasteiger partial charge in [-0.1, -0.05) is 49.8 Å². The minimum atomic E-state index is -0.432. The van der Waals surface area contributed by atoms with E-state index in [1.807, 2.05) is 25.7 Å². The van der Waals surface area contributed by atoms with E-state index in [4.69, 9.17) is 4.74 Å². The van der Waals surface area contributed by atoms with Crippen LogP contribution in [-0.4, -0.2) is 54.2 Å². The first-order chi connectivity index (χ1) is 13.1. The quantitative estimate of drug-likeness (QED) is 0.718. The number of hydrogen-bond acceptors (Lipinski definition) is 3. The minimum Gasteiger partial charge on any atom is -0.444 e. The van der Waals surface area contributed by atoms with Gasteiger partial charge in [-0.2, -0.15) is 0 Å². The van der Waals surface area contributed by atoms with E-state index in [2.05, 4.69) is 49.1 Å². The van der Waals surface area contributed by atoms with Gasteiger partial charge < -0.3 is 9.64 Å². The van der Waals surface area contributed by atoms with Crippen LogP contribution in [0.5, 0.6) is 0 Å². The Balaban J connectivity index is 1.65. The molecule has 1 aromatic rings. The van der Waals surface area contributed by atoms with E-state index in [9.17, 15) is 4.79 Å². The van der Waals surface area contributed by atoms with Crippen LogP contribution in [0.1, 0.15) is 59.4 Å². The van der Waals surface area contributed by atoms with Gasteiger partial charge in [0, 0.05) is 32.7 Å². The summed E-state index contributed by atoms with van der Waals surface area (Å²) in [7, 11) is 0. The first-order valence-electron chi connectivity index (χ1n) is 10.6. The zero-order valence-electron chi connectivity index (χ0n) is 18.3. The molecule has 4 heteroatoms. The van der Waals surface area contributed by atoms with Gasteiger partial charge in [0.1, 0.15) is 5.60 Å². The van der Waals surface area contributed by atoms with Gasteiger partial charge in [-0.3, -0.25) is 4.90 Å². The lowest BCUT2D eigenvalue weighted by Crippen LogP contribution is -2.50. The van der Waals surface area contributed by atoms with Crippen LogP contribution in [0.25, 0.3) is 5.57 Å². The Kier molecular flexibility index (Phi) is 6.18. The number of carbonyl (C=O) groups is 1. The molecule has 1 heterocycles. The van der Waals surface area contributed by atoms with Crippen molar-refractivity contribution in [1.82, 2.24) is 9.80 Å². The third-order valence-electron chi connectivity index (χ3n) is 5.75. The fourth-order valence-corrected chi connectivity index (χ4v) is 4.14. The molecule has 0 unspecified atom stereocenters. The number of rotatable bonds is 3. The van der Waals surface area contributed by atoms with Crippen LogP contribution in [0.4, 0.5) is 4.79 Å². The van der Waals surface area contributed by atoms with Crippen LogP contribution in [0, 0.1) is 5.41 Å². The second kappa shape index (κ2) is 8.28. The summed E-state index contributed by atoms with van der Waals surface area (Å²) in [5.74, 6) is 0. The van der Waals surface area contributed by atoms with Crippen LogP contribution in [0.2, 0.25) is 0 Å². The lowest BCUT2D eigenvalue weighted by molar-refractivity contribution is 0.0151. The molecule has 1 aliphatic carbocycles. The van der Waals surface area contributed by atoms with Gasteiger partial charge in [-0.15, -0.1) is 0 Å². The predicted molar refractivity (Wildman–Crippen MR) is 115 cm³/mol. The molecule has 1 aromatic carbocycles. The molecule has 28 heavy (non-hydrogen) atoms. The van der Waals surface area contributed by atoms with E-state index in [0.717, 1.165) is 39.1 Å². The molecule has 154 valence electrons. The summed E-state index contributed by atoms with van der Waals surface area (Å²) in [4.78, 5) is 16.6. The van der Waals surface area contributed by atoms with Gasteiger partial charge in [0.05, 0.1) is 0 Å². The maximum atomic E-state index is 12.3. The highest BCUT2D eigenvalue weighted by molar-refractivity contribution is 5.70. The largest absolute Gasteiger partial charge is 0.444 e. The Morgan fingerprint density at radius 3 is 2.32 bits per heavy atom. The SMILES string of the molecule is CC1(C)CCC(CN2CCN(C(=O)OC(C)(C)C)CC2)=C(c2ccccc2)C1. The molecule has 1 fully saturated rings. The molecular weight excluding hydrogens is 348 g/mol. The summed E-state index contributed by atoms with van der Waals surface area (Å²) in [5, 5.41) is 0. The Morgan fingerprint density at radius 1 is 1.07 bits per heavy atom. The Labute approximate surface area is 170 Å². The Bertz CT molecular complexity index is 708. The Hall–Kier alpha value is -1.81. The average Bonchev–Trinajstić information content (AvgIpc) is 2.63. The Morgan fingerprint density at radius 2 is 1.71 bits per heavy atom. The number of allylic oxidation sites excluding steroid dienone is 1. The fraction of sp³-hybridized carbons (Fsp3) is 0.625. The van der Waals surface area contributed by atoms with Gasteiger partial charge in [-0.05, 0) is 56.6 Å². The number of hydrogen-bond donors (Lipinski definition) is 0. The van der Waals surface area contributed by atoms with Gasteiger partial charge >= 0.3 is 6.09 Å². The van der Waals surface area contributed by atoms with E-state index < -0.39 is 5.60 Å². The first-order valence-corrected chi connectivity index (χ1v) is 10.6. The topological polar surface area (TPSA) is 32.8 Å². The second-order valence-electron chi connectivity index (χ2n) is 10.0. The second-order valence-corrected chi connectivity index (χ2v) is 10.0. The van der Waals surface area contributed by atoms with Crippen LogP contribution in [-0.2, 0) is 4.74 Å². The highest BCUT2D eigenvalue weighted by Crippen LogP contribution is 2.43. The summed E-state index contributed by atoms with van der Waals surface area (Å²) in [6.07, 6.45) is 3.38. The molecule has 0 atom stereocenters. The molecule has 1 amide bonds. The summed E-state index contributed by atoms with van der Waals surface area (Å²) >= 11 is 0. The van der Waals surface area contributed by atoms with E-state index in [-0.39, 0.29) is 6.09 Å². The van der Waals surface area contributed by atoms with Gasteiger partial charge in [0.25, 0.3) is 0 Å². The van der Waals surface area contributed by atoms with E-state index in [1.54, 1.807) is 5.57 Å². The highest BCUT2D eigenvalue weighted by atomic mass is 16.6. The van der Waals surface area contributed by atoms with Crippen molar-refractivity contribution in [3.63, 3.8) is 0 Å². The van der Waals surface area contributed by atoms with Crippen LogP contribution in [0.15, 0.2) is 35.9 Å². The maximum Gasteiger partial charge on any atom is 0.410 e. The number of carbonyl (C=O) groups excluding carboxylic acids is 1. The van der Waals surface area contributed by atoms with Crippen LogP contribution >= 0.6 is 0 Å². The van der Waals surface area contributed by atoms with Crippen molar-refractivity contribution in [2.24, 2.45) is 5.41 Å². The van der Waals surface area contributed by atoms with Gasteiger partial charge in [0.15, 0.2) is 0 Å². The molecule has 2 aliphatic rings. The number of nitrogens with zero attached hydrogens (tertiary/aromatic N) is 2. The standard InChI is InChI=1S/C24H36N2O2/c1-23(2,3)28-22(27)26-15-13-25(14-16-26)18-20-11-12-24(4,5)17-21(20)19-9-7-6-8-10-19/h6-10H,11-18H2,1-5H3. The number of ether oxygens (including phenoxy) is 1. The summed E-state index contributed by atoms with van der Waals surface area (Å²) in [5.41, 5.74) is 4.42. The van der Waals surface area contributed by atoms with Crippen molar-refractivity contribution in [2.45, 2.75) is 59.5 Å². The minimum absolute atomic E-state index is 0.184. The van der Waals surface area contributed by atoms with Crippen molar-refractivity contribution < 1.29 is 9.53 Å².